The zero-order chi connectivity index (χ0) is 16.1. The number of piperidine rings is 1. The van der Waals surface area contributed by atoms with Gasteiger partial charge >= 0.3 is 0 Å². The summed E-state index contributed by atoms with van der Waals surface area (Å²) in [4.78, 5) is 26.6. The average Bonchev–Trinajstić information content (AvgIpc) is 2.58. The summed E-state index contributed by atoms with van der Waals surface area (Å²) in [5.41, 5.74) is 0.888. The first kappa shape index (κ1) is 16.0. The van der Waals surface area contributed by atoms with E-state index in [1.807, 2.05) is 30.3 Å². The number of morpholine rings is 1. The zero-order valence-corrected chi connectivity index (χ0v) is 13.2. The molecule has 0 spiro atoms. The summed E-state index contributed by atoms with van der Waals surface area (Å²) in [7, 11) is 0. The number of carbonyl (C=O) groups is 2. The monoisotopic (exact) mass is 317 g/mol. The van der Waals surface area contributed by atoms with Gasteiger partial charge in [0, 0.05) is 31.2 Å². The highest BCUT2D eigenvalue weighted by Gasteiger charge is 2.31. The van der Waals surface area contributed by atoms with Gasteiger partial charge in [0.05, 0.1) is 13.2 Å². The molecule has 0 aliphatic carbocycles. The molecule has 2 aliphatic heterocycles. The lowest BCUT2D eigenvalue weighted by atomic mass is 10.0. The van der Waals surface area contributed by atoms with Crippen molar-refractivity contribution < 1.29 is 14.3 Å². The molecule has 2 saturated heterocycles. The average molecular weight is 317 g/mol. The molecule has 1 aromatic rings. The van der Waals surface area contributed by atoms with Crippen LogP contribution in [0.25, 0.3) is 0 Å². The molecule has 2 amide bonds. The van der Waals surface area contributed by atoms with Gasteiger partial charge in [-0.15, -0.1) is 0 Å². The lowest BCUT2D eigenvalue weighted by Crippen LogP contribution is -2.53. The molecule has 0 bridgehead atoms. The van der Waals surface area contributed by atoms with Crippen LogP contribution in [0.4, 0.5) is 5.69 Å². The van der Waals surface area contributed by atoms with E-state index in [0.29, 0.717) is 32.6 Å². The van der Waals surface area contributed by atoms with Gasteiger partial charge in [-0.05, 0) is 25.0 Å². The van der Waals surface area contributed by atoms with E-state index in [0.717, 1.165) is 18.7 Å². The lowest BCUT2D eigenvalue weighted by molar-refractivity contribution is -0.129. The van der Waals surface area contributed by atoms with E-state index in [9.17, 15) is 9.59 Å². The molecule has 6 nitrogen and oxygen atoms in total. The molecule has 2 atom stereocenters. The minimum atomic E-state index is -0.430. The fourth-order valence-corrected chi connectivity index (χ4v) is 3.10. The Hall–Kier alpha value is -1.92. The van der Waals surface area contributed by atoms with E-state index < -0.39 is 6.04 Å². The number of hydrogen-bond acceptors (Lipinski definition) is 4. The molecule has 2 heterocycles. The maximum atomic E-state index is 12.6. The van der Waals surface area contributed by atoms with Crippen LogP contribution in [-0.4, -0.2) is 50.2 Å². The molecule has 0 aromatic heterocycles. The first-order chi connectivity index (χ1) is 11.2. The van der Waals surface area contributed by atoms with E-state index in [1.165, 1.54) is 0 Å². The van der Waals surface area contributed by atoms with E-state index in [4.69, 9.17) is 4.74 Å². The third-order valence-electron chi connectivity index (χ3n) is 4.27. The summed E-state index contributed by atoms with van der Waals surface area (Å²) in [5.74, 6) is -0.120. The normalized spacial score (nSPS) is 25.2. The molecule has 0 saturated carbocycles. The number of para-hydroxylation sites is 1. The first-order valence-corrected chi connectivity index (χ1v) is 8.21. The number of benzene rings is 1. The van der Waals surface area contributed by atoms with Crippen molar-refractivity contribution in [3.8, 4) is 0 Å². The van der Waals surface area contributed by atoms with Crippen LogP contribution in [0.2, 0.25) is 0 Å². The molecule has 2 unspecified atom stereocenters. The topological polar surface area (TPSA) is 70.7 Å². The molecule has 1 aromatic carbocycles. The summed E-state index contributed by atoms with van der Waals surface area (Å²) in [5, 5.41) is 6.14. The summed E-state index contributed by atoms with van der Waals surface area (Å²) in [6, 6.07) is 9.21. The highest BCUT2D eigenvalue weighted by atomic mass is 16.5. The fourth-order valence-electron chi connectivity index (χ4n) is 3.10. The Labute approximate surface area is 136 Å². The smallest absolute Gasteiger partial charge is 0.249 e. The van der Waals surface area contributed by atoms with E-state index >= 15 is 0 Å². The number of ether oxygens (including phenoxy) is 1. The van der Waals surface area contributed by atoms with E-state index in [1.54, 1.807) is 4.90 Å². The van der Waals surface area contributed by atoms with Gasteiger partial charge in [-0.25, -0.2) is 0 Å². The molecule has 124 valence electrons. The highest BCUT2D eigenvalue weighted by molar-refractivity contribution is 5.99. The van der Waals surface area contributed by atoms with Crippen molar-refractivity contribution in [2.24, 2.45) is 0 Å². The predicted octanol–water partition coefficient (Wildman–Crippen LogP) is 0.677. The van der Waals surface area contributed by atoms with E-state index in [-0.39, 0.29) is 17.9 Å². The minimum Gasteiger partial charge on any atom is -0.378 e. The predicted molar refractivity (Wildman–Crippen MR) is 87.2 cm³/mol. The number of anilines is 1. The van der Waals surface area contributed by atoms with E-state index in [2.05, 4.69) is 10.6 Å². The van der Waals surface area contributed by atoms with Crippen LogP contribution >= 0.6 is 0 Å². The summed E-state index contributed by atoms with van der Waals surface area (Å²) >= 11 is 0. The standard InChI is InChI=1S/C17H23N3O3/c21-16(11-13-12-23-10-8-18-13)19-15-7-4-9-20(17(15)22)14-5-2-1-3-6-14/h1-3,5-6,13,15,18H,4,7-12H2,(H,19,21). The number of carbonyl (C=O) groups excluding carboxylic acids is 2. The molecular weight excluding hydrogens is 294 g/mol. The third kappa shape index (κ3) is 4.09. The van der Waals surface area contributed by atoms with Gasteiger partial charge in [0.25, 0.3) is 0 Å². The van der Waals surface area contributed by atoms with Crippen molar-refractivity contribution in [2.75, 3.05) is 31.2 Å². The quantitative estimate of drug-likeness (QED) is 0.857. The van der Waals surface area contributed by atoms with Gasteiger partial charge in [0.1, 0.15) is 6.04 Å². The van der Waals surface area contributed by atoms with Crippen LogP contribution in [-0.2, 0) is 14.3 Å². The van der Waals surface area contributed by atoms with Crippen molar-refractivity contribution >= 4 is 17.5 Å². The molecule has 6 heteroatoms. The molecular formula is C17H23N3O3. The second-order valence-corrected chi connectivity index (χ2v) is 6.02. The van der Waals surface area contributed by atoms with Crippen LogP contribution in [0.3, 0.4) is 0 Å². The van der Waals surface area contributed by atoms with Crippen molar-refractivity contribution in [1.82, 2.24) is 10.6 Å². The maximum absolute atomic E-state index is 12.6. The summed E-state index contributed by atoms with van der Waals surface area (Å²) < 4.78 is 5.35. The Morgan fingerprint density at radius 3 is 2.91 bits per heavy atom. The van der Waals surface area contributed by atoms with Gasteiger partial charge in [0.2, 0.25) is 11.8 Å². The Balaban J connectivity index is 1.57. The molecule has 23 heavy (non-hydrogen) atoms. The number of nitrogens with zero attached hydrogens (tertiary/aromatic N) is 1. The highest BCUT2D eigenvalue weighted by Crippen LogP contribution is 2.20. The molecule has 3 rings (SSSR count). The fraction of sp³-hybridized carbons (Fsp3) is 0.529. The largest absolute Gasteiger partial charge is 0.378 e. The SMILES string of the molecule is O=C(CC1COCCN1)NC1CCCN(c2ccccc2)C1=O. The maximum Gasteiger partial charge on any atom is 0.249 e. The summed E-state index contributed by atoms with van der Waals surface area (Å²) in [6.45, 7) is 2.70. The van der Waals surface area contributed by atoms with Crippen molar-refractivity contribution in [1.29, 1.82) is 0 Å². The van der Waals surface area contributed by atoms with Gasteiger partial charge < -0.3 is 20.3 Å². The molecule has 0 radical (unpaired) electrons. The Morgan fingerprint density at radius 1 is 1.35 bits per heavy atom. The third-order valence-corrected chi connectivity index (χ3v) is 4.27. The van der Waals surface area contributed by atoms with Crippen molar-refractivity contribution in [2.45, 2.75) is 31.3 Å². The number of rotatable bonds is 4. The van der Waals surface area contributed by atoms with Crippen LogP contribution in [0.1, 0.15) is 19.3 Å². The second kappa shape index (κ2) is 7.57. The van der Waals surface area contributed by atoms with Crippen LogP contribution in [0.5, 0.6) is 0 Å². The lowest BCUT2D eigenvalue weighted by Gasteiger charge is -2.33. The van der Waals surface area contributed by atoms with Crippen LogP contribution in [0.15, 0.2) is 30.3 Å². The second-order valence-electron chi connectivity index (χ2n) is 6.02. The Bertz CT molecular complexity index is 543. The minimum absolute atomic E-state index is 0.0244. The van der Waals surface area contributed by atoms with Gasteiger partial charge in [-0.1, -0.05) is 18.2 Å². The number of amides is 2. The number of nitrogens with one attached hydrogen (secondary N) is 2. The molecule has 2 N–H and O–H groups in total. The van der Waals surface area contributed by atoms with Gasteiger partial charge in [-0.3, -0.25) is 9.59 Å². The Kier molecular flexibility index (Phi) is 5.25. The number of hydrogen-bond donors (Lipinski definition) is 2. The summed E-state index contributed by atoms with van der Waals surface area (Å²) in [6.07, 6.45) is 1.92. The van der Waals surface area contributed by atoms with Gasteiger partial charge in [0.15, 0.2) is 0 Å². The zero-order valence-electron chi connectivity index (χ0n) is 13.2. The molecule has 2 fully saturated rings. The Morgan fingerprint density at radius 2 is 2.17 bits per heavy atom. The van der Waals surface area contributed by atoms with Crippen molar-refractivity contribution in [3.63, 3.8) is 0 Å². The van der Waals surface area contributed by atoms with Crippen molar-refractivity contribution in [3.05, 3.63) is 30.3 Å². The van der Waals surface area contributed by atoms with Crippen LogP contribution in [0, 0.1) is 0 Å². The first-order valence-electron chi connectivity index (χ1n) is 8.21. The molecule has 2 aliphatic rings. The van der Waals surface area contributed by atoms with Gasteiger partial charge in [-0.2, -0.15) is 0 Å². The van der Waals surface area contributed by atoms with Crippen LogP contribution < -0.4 is 15.5 Å².